The van der Waals surface area contributed by atoms with Gasteiger partial charge in [-0.2, -0.15) is 0 Å². The van der Waals surface area contributed by atoms with Gasteiger partial charge in [0.2, 0.25) is 0 Å². The number of carbonyl (C=O) groups excluding carboxylic acids is 6. The molecule has 0 N–H and O–H groups in total. The Morgan fingerprint density at radius 1 is 0.482 bits per heavy atom. The highest BCUT2D eigenvalue weighted by Gasteiger charge is 2.64. The van der Waals surface area contributed by atoms with Gasteiger partial charge in [-0.05, 0) is 284 Å². The normalized spacial score (nSPS) is 27.5. The topological polar surface area (TPSA) is 241 Å². The maximum absolute atomic E-state index is 13.6. The first-order valence-electron chi connectivity index (χ1n) is 40.6. The van der Waals surface area contributed by atoms with Gasteiger partial charge in [0.15, 0.2) is 25.5 Å². The Balaban J connectivity index is 0.000000154. The molecule has 0 radical (unpaired) electrons. The molecular weight excluding hydrogens is 1400 g/mol. The zero-order valence-corrected chi connectivity index (χ0v) is 65.7. The van der Waals surface area contributed by atoms with Crippen LogP contribution in [0.5, 0.6) is 23.0 Å². The molecule has 10 aliphatic carbocycles. The van der Waals surface area contributed by atoms with Crippen LogP contribution in [0.15, 0.2) is 127 Å². The highest BCUT2D eigenvalue weighted by molar-refractivity contribution is 5.96. The summed E-state index contributed by atoms with van der Waals surface area (Å²) in [5.41, 5.74) is -2.62. The molecule has 598 valence electrons. The van der Waals surface area contributed by atoms with Gasteiger partial charge in [0.25, 0.3) is 0 Å². The van der Waals surface area contributed by atoms with E-state index in [4.69, 9.17) is 71.1 Å². The summed E-state index contributed by atoms with van der Waals surface area (Å²) in [7, 11) is 0. The fourth-order valence-electron chi connectivity index (χ4n) is 19.6. The molecule has 1 saturated heterocycles. The van der Waals surface area contributed by atoms with Gasteiger partial charge < -0.3 is 71.1 Å². The molecular formula is C89H116O21. The minimum absolute atomic E-state index is 0.0228. The highest BCUT2D eigenvalue weighted by Crippen LogP contribution is 2.65. The fraction of sp³-hybridized carbons (Fsp3) is 0.618. The maximum atomic E-state index is 13.6. The molecule has 0 amide bonds. The second-order valence-electron chi connectivity index (χ2n) is 33.6. The van der Waals surface area contributed by atoms with Crippen molar-refractivity contribution in [3.63, 3.8) is 0 Å². The molecule has 8 bridgehead atoms. The molecule has 1 aliphatic heterocycles. The predicted octanol–water partition coefficient (Wildman–Crippen LogP) is 16.9. The van der Waals surface area contributed by atoms with Gasteiger partial charge in [0.05, 0.1) is 46.9 Å². The van der Waals surface area contributed by atoms with E-state index in [2.05, 4.69) is 13.8 Å². The fourth-order valence-corrected chi connectivity index (χ4v) is 19.6. The van der Waals surface area contributed by atoms with Gasteiger partial charge in [-0.15, -0.1) is 0 Å². The zero-order chi connectivity index (χ0) is 77.4. The summed E-state index contributed by atoms with van der Waals surface area (Å²) in [5.74, 6) is 2.90. The first-order chi connectivity index (χ1) is 52.9. The van der Waals surface area contributed by atoms with Gasteiger partial charge in [0.1, 0.15) is 72.8 Å². The molecule has 5 aromatic carbocycles. The van der Waals surface area contributed by atoms with Crippen LogP contribution < -0.4 is 18.9 Å². The van der Waals surface area contributed by atoms with Crippen molar-refractivity contribution in [3.05, 3.63) is 133 Å². The number of ether oxygens (including phenoxy) is 15. The quantitative estimate of drug-likeness (QED) is 0.0168. The van der Waals surface area contributed by atoms with Crippen molar-refractivity contribution in [3.8, 4) is 23.0 Å². The van der Waals surface area contributed by atoms with Crippen LogP contribution in [0.2, 0.25) is 0 Å². The lowest BCUT2D eigenvalue weighted by Gasteiger charge is -2.60. The van der Waals surface area contributed by atoms with E-state index in [0.29, 0.717) is 53.6 Å². The number of benzene rings is 5. The largest absolute Gasteiger partial charge is 0.482 e. The maximum Gasteiger partial charge on any atom is 0.344 e. The van der Waals surface area contributed by atoms with Crippen LogP contribution in [0.3, 0.4) is 0 Å². The Hall–Kier alpha value is -7.82. The lowest BCUT2D eigenvalue weighted by molar-refractivity contribution is -0.220. The van der Waals surface area contributed by atoms with E-state index < -0.39 is 52.2 Å². The molecule has 21 nitrogen and oxygen atoms in total. The number of hydrogen-bond donors (Lipinski definition) is 0. The van der Waals surface area contributed by atoms with Crippen molar-refractivity contribution in [2.24, 2.45) is 34.5 Å². The molecule has 110 heavy (non-hydrogen) atoms. The third kappa shape index (κ3) is 22.1. The predicted molar refractivity (Wildman–Crippen MR) is 409 cm³/mol. The van der Waals surface area contributed by atoms with E-state index in [0.717, 1.165) is 170 Å². The number of fused-ring (bicyclic) bond motifs is 1. The zero-order valence-electron chi connectivity index (χ0n) is 65.7. The molecule has 1 heterocycles. The number of rotatable bonds is 32. The van der Waals surface area contributed by atoms with Crippen LogP contribution in [0.25, 0.3) is 10.8 Å². The molecule has 10 saturated carbocycles. The number of hydrogen-bond acceptors (Lipinski definition) is 21. The van der Waals surface area contributed by atoms with Crippen LogP contribution in [0, 0.1) is 34.5 Å². The van der Waals surface area contributed by atoms with Crippen LogP contribution in [0.1, 0.15) is 219 Å². The Morgan fingerprint density at radius 3 is 1.44 bits per heavy atom. The van der Waals surface area contributed by atoms with Crippen LogP contribution >= 0.6 is 0 Å². The van der Waals surface area contributed by atoms with Crippen molar-refractivity contribution in [1.29, 1.82) is 0 Å². The third-order valence-corrected chi connectivity index (χ3v) is 23.8. The summed E-state index contributed by atoms with van der Waals surface area (Å²) < 4.78 is 87.2. The van der Waals surface area contributed by atoms with Crippen LogP contribution in [0.4, 0.5) is 0 Å². The Bertz CT molecular complexity index is 3810. The second-order valence-corrected chi connectivity index (χ2v) is 33.6. The van der Waals surface area contributed by atoms with Crippen LogP contribution in [-0.4, -0.2) is 142 Å². The Morgan fingerprint density at radius 2 is 0.945 bits per heavy atom. The SMILES string of the molecule is CC(OCCOC(=O)c1ccc2cc(OCC(=O)OC(C)(C)C)ccc2c1)Oc1ccccc1.CCC1(OC(=O)COC23CC4CC(C2)CC(C(=O)OCC2CCCC(Oc5ccccc5)O2)(C4)C3)CCCC1.CCC1(OC(=O)COC23CC4CC(C2)CC(C(=O)OCCOC(C)Oc2ccccc2)(C4)C3)CCCC1. The van der Waals surface area contributed by atoms with Crippen LogP contribution in [-0.2, 0) is 76.1 Å². The molecule has 11 aliphatic rings. The van der Waals surface area contributed by atoms with E-state index in [9.17, 15) is 28.8 Å². The average molecular weight is 1520 g/mol. The van der Waals surface area contributed by atoms with E-state index in [1.807, 2.05) is 104 Å². The monoisotopic (exact) mass is 1520 g/mol. The molecule has 0 aromatic heterocycles. The van der Waals surface area contributed by atoms with Crippen molar-refractivity contribution < 1.29 is 99.8 Å². The molecule has 0 spiro atoms. The minimum atomic E-state index is -0.560. The lowest BCUT2D eigenvalue weighted by Crippen LogP contribution is -2.60. The number of para-hydroxylation sites is 3. The standard InChI is InChI=1S/C32H44O7.C30H42O7.C27H30O7/c1-2-31(13-6-7-14-31)39-27(33)21-36-32-18-23-15-24(19-32)17-30(16-23,22-32)29(34)35-20-26-11-8-12-28(38-26)37-25-9-4-3-5-10-25;1-3-29(11-7-8-12-29)37-26(31)20-35-30-18-23-15-24(19-30)17-28(16-23,21-30)27(32)34-14-13-33-22(2)36-25-9-5-4-6-10-25;1-19(33-23-8-6-5-7-9-23)30-14-15-31-26(29)22-11-10-21-17-24(13-12-20(21)16-22)32-18-25(28)34-27(2,3)4/h3-5,9-10,23-24,26,28H,2,6-8,11-22H2,1H3;4-6,9-10,22-24H,3,7-8,11-21H2,1-2H3;5-13,16-17,19H,14-15,18H2,1-4H3. The third-order valence-electron chi connectivity index (χ3n) is 23.8. The summed E-state index contributed by atoms with van der Waals surface area (Å²) in [4.78, 5) is 76.8. The molecule has 16 rings (SSSR count). The molecule has 5 aromatic rings. The van der Waals surface area contributed by atoms with Gasteiger partial charge in [-0.3, -0.25) is 9.59 Å². The number of carbonyl (C=O) groups is 6. The van der Waals surface area contributed by atoms with Gasteiger partial charge in [0, 0.05) is 6.42 Å². The molecule has 11 fully saturated rings. The molecule has 21 heteroatoms. The second kappa shape index (κ2) is 36.8. The molecule has 8 atom stereocenters. The average Bonchev–Trinajstić information content (AvgIpc) is 0.850. The summed E-state index contributed by atoms with van der Waals surface area (Å²) in [6.07, 6.45) is 21.9. The van der Waals surface area contributed by atoms with Gasteiger partial charge >= 0.3 is 35.8 Å². The van der Waals surface area contributed by atoms with E-state index in [1.54, 1.807) is 58.0 Å². The first-order valence-corrected chi connectivity index (χ1v) is 40.6. The summed E-state index contributed by atoms with van der Waals surface area (Å²) in [6, 6.07) is 39.2. The smallest absolute Gasteiger partial charge is 0.344 e. The Kier molecular flexibility index (Phi) is 27.3. The van der Waals surface area contributed by atoms with Crippen molar-refractivity contribution in [2.45, 2.75) is 262 Å². The summed E-state index contributed by atoms with van der Waals surface area (Å²) in [5, 5.41) is 1.72. The van der Waals surface area contributed by atoms with E-state index in [1.165, 1.54) is 0 Å². The van der Waals surface area contributed by atoms with E-state index in [-0.39, 0.29) is 100 Å². The minimum Gasteiger partial charge on any atom is -0.482 e. The van der Waals surface area contributed by atoms with Crippen molar-refractivity contribution in [1.82, 2.24) is 0 Å². The molecule has 8 unspecified atom stereocenters. The summed E-state index contributed by atoms with van der Waals surface area (Å²) in [6.45, 7) is 14.0. The van der Waals surface area contributed by atoms with Crippen molar-refractivity contribution in [2.75, 3.05) is 52.9 Å². The summed E-state index contributed by atoms with van der Waals surface area (Å²) >= 11 is 0. The number of esters is 6. The lowest BCUT2D eigenvalue weighted by atomic mass is 9.48. The highest BCUT2D eigenvalue weighted by atomic mass is 16.7. The van der Waals surface area contributed by atoms with Crippen molar-refractivity contribution >= 4 is 46.6 Å². The van der Waals surface area contributed by atoms with Gasteiger partial charge in [-0.1, -0.05) is 80.6 Å². The van der Waals surface area contributed by atoms with E-state index >= 15 is 0 Å². The Labute approximate surface area is 648 Å². The van der Waals surface area contributed by atoms with Gasteiger partial charge in [-0.25, -0.2) is 19.2 Å². The first kappa shape index (κ1) is 81.7.